The average molecular weight is 765 g/mol. The van der Waals surface area contributed by atoms with Crippen molar-refractivity contribution in [2.45, 2.75) is 86.7 Å². The number of likely N-dealkylation sites (N-methyl/N-ethyl adjacent to an activating group) is 1. The van der Waals surface area contributed by atoms with Crippen molar-refractivity contribution in [1.82, 2.24) is 14.7 Å². The molecule has 3 fully saturated rings. The number of aliphatic hydroxyl groups excluding tert-OH is 1. The van der Waals surface area contributed by atoms with Gasteiger partial charge < -0.3 is 29.3 Å². The number of rotatable bonds is 18. The maximum absolute atomic E-state index is 14.7. The highest BCUT2D eigenvalue weighted by atomic mass is 79.9. The van der Waals surface area contributed by atoms with E-state index in [4.69, 9.17) is 9.47 Å². The Kier molecular flexibility index (Phi) is 12.9. The van der Waals surface area contributed by atoms with Crippen LogP contribution in [-0.2, 0) is 35.2 Å². The molecule has 0 radical (unpaired) electrons. The highest BCUT2D eigenvalue weighted by molar-refractivity contribution is 9.09. The molecular weight excluding hydrogens is 714 g/mol. The van der Waals surface area contributed by atoms with E-state index < -0.39 is 47.7 Å². The molecule has 1 N–H and O–H groups in total. The maximum atomic E-state index is 14.7. The van der Waals surface area contributed by atoms with Crippen molar-refractivity contribution in [1.29, 1.82) is 0 Å². The molecular formula is C40H50BrN3O7. The third kappa shape index (κ3) is 7.85. The van der Waals surface area contributed by atoms with Crippen LogP contribution in [-0.4, -0.2) is 98.9 Å². The summed E-state index contributed by atoms with van der Waals surface area (Å²) in [6.07, 6.45) is 4.84. The predicted octanol–water partition coefficient (Wildman–Crippen LogP) is 5.21. The average Bonchev–Trinajstić information content (AvgIpc) is 3.73. The number of nitrogens with zero attached hydrogens (tertiary/aromatic N) is 3. The zero-order chi connectivity index (χ0) is 36.7. The maximum Gasteiger partial charge on any atom is 0.313 e. The van der Waals surface area contributed by atoms with E-state index in [2.05, 4.69) is 29.1 Å². The fourth-order valence-corrected chi connectivity index (χ4v) is 8.92. The Bertz CT molecular complexity index is 1560. The SMILES string of the molecule is C=CCCC(=O)N(C)[C@@H](C)[C@@H](OC(=O)[C@H]1[C@@H]2O[C@@]3(CC2Br)[C@@H]1C(=O)N(CCCCCO)[C@@H]3C(=O)N(CC=C)Cc1ccccc1)c1ccccc1. The molecule has 11 heteroatoms. The number of esters is 1. The van der Waals surface area contributed by atoms with Gasteiger partial charge in [-0.25, -0.2) is 0 Å². The molecule has 3 heterocycles. The van der Waals surface area contributed by atoms with Crippen LogP contribution in [0.4, 0.5) is 0 Å². The van der Waals surface area contributed by atoms with Gasteiger partial charge in [0, 0.05) is 44.5 Å². The lowest BCUT2D eigenvalue weighted by Gasteiger charge is -2.37. The van der Waals surface area contributed by atoms with E-state index in [1.807, 2.05) is 67.6 Å². The topological polar surface area (TPSA) is 117 Å². The van der Waals surface area contributed by atoms with Crippen LogP contribution in [0.2, 0.25) is 0 Å². The quantitative estimate of drug-likeness (QED) is 0.0960. The van der Waals surface area contributed by atoms with Gasteiger partial charge in [-0.05, 0) is 50.2 Å². The molecule has 51 heavy (non-hydrogen) atoms. The van der Waals surface area contributed by atoms with E-state index in [0.29, 0.717) is 44.2 Å². The van der Waals surface area contributed by atoms with Gasteiger partial charge in [-0.2, -0.15) is 0 Å². The van der Waals surface area contributed by atoms with Gasteiger partial charge in [-0.1, -0.05) is 88.7 Å². The molecule has 1 spiro atoms. The number of ether oxygens (including phenoxy) is 2. The van der Waals surface area contributed by atoms with Crippen LogP contribution in [0.3, 0.4) is 0 Å². The summed E-state index contributed by atoms with van der Waals surface area (Å²) in [6, 6.07) is 17.4. The molecule has 2 aromatic carbocycles. The second-order valence-corrected chi connectivity index (χ2v) is 15.0. The van der Waals surface area contributed by atoms with Gasteiger partial charge in [0.2, 0.25) is 17.7 Å². The van der Waals surface area contributed by atoms with E-state index in [-0.39, 0.29) is 48.7 Å². The van der Waals surface area contributed by atoms with Crippen LogP contribution >= 0.6 is 15.9 Å². The molecule has 3 aliphatic heterocycles. The molecule has 5 rings (SSSR count). The van der Waals surface area contributed by atoms with Crippen LogP contribution in [0.25, 0.3) is 0 Å². The first-order chi connectivity index (χ1) is 24.6. The fraction of sp³-hybridized carbons (Fsp3) is 0.500. The van der Waals surface area contributed by atoms with E-state index in [1.54, 1.807) is 33.9 Å². The molecule has 2 bridgehead atoms. The largest absolute Gasteiger partial charge is 0.455 e. The smallest absolute Gasteiger partial charge is 0.313 e. The summed E-state index contributed by atoms with van der Waals surface area (Å²) >= 11 is 3.76. The molecule has 0 aliphatic carbocycles. The summed E-state index contributed by atoms with van der Waals surface area (Å²) in [6.45, 7) is 10.3. The number of alkyl halides is 1. The predicted molar refractivity (Wildman–Crippen MR) is 197 cm³/mol. The Morgan fingerprint density at radius 3 is 2.41 bits per heavy atom. The van der Waals surface area contributed by atoms with Crippen LogP contribution in [0.5, 0.6) is 0 Å². The van der Waals surface area contributed by atoms with E-state index in [9.17, 15) is 24.3 Å². The van der Waals surface area contributed by atoms with Crippen molar-refractivity contribution in [3.05, 3.63) is 97.1 Å². The summed E-state index contributed by atoms with van der Waals surface area (Å²) in [5.41, 5.74) is 0.397. The van der Waals surface area contributed by atoms with Gasteiger partial charge in [0.25, 0.3) is 0 Å². The van der Waals surface area contributed by atoms with E-state index >= 15 is 0 Å². The van der Waals surface area contributed by atoms with Gasteiger partial charge >= 0.3 is 5.97 Å². The molecule has 3 amide bonds. The van der Waals surface area contributed by atoms with Crippen LogP contribution in [0.15, 0.2) is 86.0 Å². The van der Waals surface area contributed by atoms with Gasteiger partial charge in [-0.15, -0.1) is 13.2 Å². The van der Waals surface area contributed by atoms with Crippen molar-refractivity contribution in [3.63, 3.8) is 0 Å². The lowest BCUT2D eigenvalue weighted by molar-refractivity contribution is -0.164. The van der Waals surface area contributed by atoms with Crippen molar-refractivity contribution in [2.24, 2.45) is 11.8 Å². The third-order valence-corrected chi connectivity index (χ3v) is 11.5. The number of halogens is 1. The number of benzene rings is 2. The Morgan fingerprint density at radius 2 is 1.76 bits per heavy atom. The number of allylic oxidation sites excluding steroid dienone is 1. The molecule has 1 unspecified atom stereocenters. The summed E-state index contributed by atoms with van der Waals surface area (Å²) in [7, 11) is 1.69. The van der Waals surface area contributed by atoms with Crippen molar-refractivity contribution in [2.75, 3.05) is 26.7 Å². The number of amides is 3. The van der Waals surface area contributed by atoms with Crippen molar-refractivity contribution < 1.29 is 33.8 Å². The Labute approximate surface area is 309 Å². The highest BCUT2D eigenvalue weighted by Crippen LogP contribution is 2.60. The molecule has 10 nitrogen and oxygen atoms in total. The first kappa shape index (κ1) is 38.4. The summed E-state index contributed by atoms with van der Waals surface area (Å²) < 4.78 is 13.1. The fourth-order valence-electron chi connectivity index (χ4n) is 7.98. The summed E-state index contributed by atoms with van der Waals surface area (Å²) in [4.78, 5) is 61.5. The highest BCUT2D eigenvalue weighted by Gasteiger charge is 2.77. The van der Waals surface area contributed by atoms with Crippen LogP contribution in [0, 0.1) is 11.8 Å². The molecule has 0 saturated carbocycles. The number of fused-ring (bicyclic) bond motifs is 1. The van der Waals surface area contributed by atoms with Crippen LogP contribution < -0.4 is 0 Å². The minimum absolute atomic E-state index is 0.0348. The second-order valence-electron chi connectivity index (χ2n) is 13.8. The van der Waals surface area contributed by atoms with Crippen LogP contribution in [0.1, 0.15) is 62.7 Å². The standard InChI is InChI=1S/C40H50BrN3O7/c1-5-7-21-31(46)42(4)27(3)34(29-19-13-9-14-20-29)50-39(49)32-33-37(47)44(23-15-10-16-24-45)36(40(33)25-30(41)35(32)51-40)38(48)43(22-6-2)26-28-17-11-8-12-18-28/h5-6,8-9,11-14,17-20,27,30,32-36,45H,1-2,7,10,15-16,21-26H2,3-4H3/t27-,30?,32+,33-,34+,35+,36+,40-/m0/s1. The zero-order valence-electron chi connectivity index (χ0n) is 29.6. The van der Waals surface area contributed by atoms with Gasteiger partial charge in [0.15, 0.2) is 0 Å². The molecule has 274 valence electrons. The van der Waals surface area contributed by atoms with Crippen molar-refractivity contribution in [3.8, 4) is 0 Å². The number of hydrogen-bond acceptors (Lipinski definition) is 7. The lowest BCUT2D eigenvalue weighted by atomic mass is 9.70. The van der Waals surface area contributed by atoms with E-state index in [1.165, 1.54) is 0 Å². The summed E-state index contributed by atoms with van der Waals surface area (Å²) in [5.74, 6) is -3.18. The second kappa shape index (κ2) is 17.1. The minimum Gasteiger partial charge on any atom is -0.455 e. The number of aliphatic hydroxyl groups is 1. The van der Waals surface area contributed by atoms with Gasteiger partial charge in [-0.3, -0.25) is 19.2 Å². The molecule has 0 aromatic heterocycles. The monoisotopic (exact) mass is 763 g/mol. The minimum atomic E-state index is -1.25. The van der Waals surface area contributed by atoms with Crippen molar-refractivity contribution >= 4 is 39.6 Å². The third-order valence-electron chi connectivity index (χ3n) is 10.6. The zero-order valence-corrected chi connectivity index (χ0v) is 31.2. The molecule has 3 aliphatic rings. The Morgan fingerprint density at radius 1 is 1.08 bits per heavy atom. The number of likely N-dealkylation sites (tertiary alicyclic amines) is 1. The number of carbonyl (C=O) groups excluding carboxylic acids is 4. The van der Waals surface area contributed by atoms with Gasteiger partial charge in [0.05, 0.1) is 24.0 Å². The van der Waals surface area contributed by atoms with E-state index in [0.717, 1.165) is 5.56 Å². The number of unbranched alkanes of at least 4 members (excludes halogenated alkanes) is 2. The molecule has 2 aromatic rings. The Balaban J connectivity index is 1.48. The number of hydrogen-bond donors (Lipinski definition) is 1. The lowest BCUT2D eigenvalue weighted by Crippen LogP contribution is -2.56. The first-order valence-corrected chi connectivity index (χ1v) is 18.8. The van der Waals surface area contributed by atoms with Gasteiger partial charge in [0.1, 0.15) is 17.7 Å². The molecule has 3 saturated heterocycles. The summed E-state index contributed by atoms with van der Waals surface area (Å²) in [5, 5.41) is 9.41. The Hall–Kier alpha value is -3.80. The first-order valence-electron chi connectivity index (χ1n) is 17.9. The normalized spacial score (nSPS) is 25.9. The molecule has 8 atom stereocenters. The number of carbonyl (C=O) groups is 4.